The summed E-state index contributed by atoms with van der Waals surface area (Å²) in [4.78, 5) is 38.6. The topological polar surface area (TPSA) is 78.8 Å². The largest absolute Gasteiger partial charge is 0.434 e. The Balaban J connectivity index is 1.87. The Morgan fingerprint density at radius 2 is 1.90 bits per heavy atom. The van der Waals surface area contributed by atoms with Crippen molar-refractivity contribution in [3.63, 3.8) is 0 Å². The summed E-state index contributed by atoms with van der Waals surface area (Å²) in [5, 5.41) is 0. The molecule has 31 heavy (non-hydrogen) atoms. The Morgan fingerprint density at radius 3 is 2.55 bits per heavy atom. The highest BCUT2D eigenvalue weighted by Crippen LogP contribution is 2.36. The van der Waals surface area contributed by atoms with Crippen molar-refractivity contribution in [2.45, 2.75) is 26.1 Å². The molecule has 0 radical (unpaired) electrons. The van der Waals surface area contributed by atoms with Crippen LogP contribution in [0.15, 0.2) is 41.5 Å². The van der Waals surface area contributed by atoms with Crippen LogP contribution in [-0.4, -0.2) is 45.1 Å². The quantitative estimate of drug-likeness (QED) is 0.679. The van der Waals surface area contributed by atoms with Gasteiger partial charge >= 0.3 is 6.18 Å². The van der Waals surface area contributed by atoms with Crippen molar-refractivity contribution < 1.29 is 27.2 Å². The number of anilines is 2. The van der Waals surface area contributed by atoms with Crippen LogP contribution in [0.2, 0.25) is 0 Å². The Kier molecular flexibility index (Phi) is 4.83. The third-order valence-electron chi connectivity index (χ3n) is 4.98. The maximum absolute atomic E-state index is 13.6. The first kappa shape index (κ1) is 20.6. The molecule has 3 heterocycles. The molecule has 0 aliphatic carbocycles. The molecule has 1 atom stereocenters. The normalized spacial score (nSPS) is 18.9. The molecule has 11 heteroatoms. The zero-order valence-corrected chi connectivity index (χ0v) is 16.3. The van der Waals surface area contributed by atoms with E-state index in [0.29, 0.717) is 23.2 Å². The molecule has 0 saturated heterocycles. The second kappa shape index (κ2) is 7.25. The van der Waals surface area contributed by atoms with E-state index in [1.165, 1.54) is 40.2 Å². The number of carbonyl (C=O) groups is 2. The number of hydrogen-bond acceptors (Lipinski definition) is 5. The first-order chi connectivity index (χ1) is 14.6. The number of fused-ring (bicyclic) bond motifs is 1. The van der Waals surface area contributed by atoms with Crippen LogP contribution in [0, 0.1) is 12.7 Å². The third-order valence-corrected chi connectivity index (χ3v) is 4.98. The van der Waals surface area contributed by atoms with Crippen LogP contribution in [0.3, 0.4) is 0 Å². The number of nitrogens with zero attached hydrogens (tertiary/aromatic N) is 5. The van der Waals surface area contributed by atoms with Gasteiger partial charge in [-0.05, 0) is 37.6 Å². The highest BCUT2D eigenvalue weighted by molar-refractivity contribution is 6.09. The van der Waals surface area contributed by atoms with E-state index in [2.05, 4.69) is 15.0 Å². The van der Waals surface area contributed by atoms with Crippen LogP contribution in [-0.2, 0) is 11.0 Å². The van der Waals surface area contributed by atoms with Gasteiger partial charge in [0.15, 0.2) is 17.2 Å². The van der Waals surface area contributed by atoms with Gasteiger partial charge in [-0.2, -0.15) is 13.2 Å². The number of halogens is 4. The van der Waals surface area contributed by atoms with E-state index in [-0.39, 0.29) is 12.5 Å². The molecule has 0 saturated carbocycles. The molecule has 2 aliphatic rings. The maximum atomic E-state index is 13.6. The SMILES string of the molecule is CC1=NC(=O)C=CC1N1CN(c2ccc(F)cc2C)c2ncc(C(F)(F)F)nc2C1=O. The highest BCUT2D eigenvalue weighted by atomic mass is 19.4. The lowest BCUT2D eigenvalue weighted by atomic mass is 10.1. The number of aromatic nitrogens is 2. The van der Waals surface area contributed by atoms with E-state index in [1.807, 2.05) is 0 Å². The standard InChI is InChI=1S/C20H15F4N5O2/c1-10-7-12(21)3-4-13(10)28-9-29(14-5-6-16(30)26-11(14)2)19(31)17-18(28)25-8-15(27-17)20(22,23)24/h3-8,14H,9H2,1-2H3. The molecule has 7 nitrogen and oxygen atoms in total. The molecule has 0 fully saturated rings. The lowest BCUT2D eigenvalue weighted by Gasteiger charge is -2.40. The van der Waals surface area contributed by atoms with Crippen molar-refractivity contribution in [2.75, 3.05) is 11.6 Å². The van der Waals surface area contributed by atoms with Gasteiger partial charge in [-0.3, -0.25) is 9.59 Å². The van der Waals surface area contributed by atoms with Crippen molar-refractivity contribution in [1.82, 2.24) is 14.9 Å². The maximum Gasteiger partial charge on any atom is 0.434 e. The summed E-state index contributed by atoms with van der Waals surface area (Å²) >= 11 is 0. The van der Waals surface area contributed by atoms with Crippen molar-refractivity contribution in [3.05, 3.63) is 59.3 Å². The van der Waals surface area contributed by atoms with Gasteiger partial charge in [-0.25, -0.2) is 19.4 Å². The first-order valence-electron chi connectivity index (χ1n) is 9.12. The van der Waals surface area contributed by atoms with Gasteiger partial charge in [0.05, 0.1) is 12.2 Å². The van der Waals surface area contributed by atoms with Gasteiger partial charge in [0.2, 0.25) is 0 Å². The van der Waals surface area contributed by atoms with Crippen molar-refractivity contribution >= 4 is 29.0 Å². The Bertz CT molecular complexity index is 1160. The van der Waals surface area contributed by atoms with Gasteiger partial charge in [0.25, 0.3) is 11.8 Å². The molecule has 2 amide bonds. The van der Waals surface area contributed by atoms with Crippen LogP contribution in [0.5, 0.6) is 0 Å². The lowest BCUT2D eigenvalue weighted by Crippen LogP contribution is -2.53. The fraction of sp³-hybridized carbons (Fsp3) is 0.250. The van der Waals surface area contributed by atoms with E-state index in [9.17, 15) is 27.2 Å². The van der Waals surface area contributed by atoms with E-state index >= 15 is 0 Å². The summed E-state index contributed by atoms with van der Waals surface area (Å²) in [6, 6.07) is 3.15. The number of benzene rings is 1. The molecule has 160 valence electrons. The predicted octanol–water partition coefficient (Wildman–Crippen LogP) is 3.42. The Morgan fingerprint density at radius 1 is 1.16 bits per heavy atom. The van der Waals surface area contributed by atoms with Crippen LogP contribution in [0.1, 0.15) is 28.7 Å². The van der Waals surface area contributed by atoms with E-state index < -0.39 is 41.2 Å². The fourth-order valence-corrected chi connectivity index (χ4v) is 3.53. The minimum Gasteiger partial charge on any atom is -0.307 e. The van der Waals surface area contributed by atoms with E-state index in [0.717, 1.165) is 0 Å². The zero-order chi connectivity index (χ0) is 22.5. The number of aliphatic imine (C=N–C) groups is 1. The van der Waals surface area contributed by atoms with Gasteiger partial charge in [-0.1, -0.05) is 6.08 Å². The summed E-state index contributed by atoms with van der Waals surface area (Å²) in [6.07, 6.45) is -1.61. The Labute approximate surface area is 173 Å². The first-order valence-corrected chi connectivity index (χ1v) is 9.12. The van der Waals surface area contributed by atoms with Gasteiger partial charge in [0.1, 0.15) is 12.5 Å². The molecule has 0 N–H and O–H groups in total. The smallest absolute Gasteiger partial charge is 0.307 e. The molecule has 1 unspecified atom stereocenters. The summed E-state index contributed by atoms with van der Waals surface area (Å²) < 4.78 is 53.3. The van der Waals surface area contributed by atoms with E-state index in [1.54, 1.807) is 13.8 Å². The van der Waals surface area contributed by atoms with Crippen molar-refractivity contribution in [2.24, 2.45) is 4.99 Å². The molecule has 2 aromatic rings. The predicted molar refractivity (Wildman–Crippen MR) is 102 cm³/mol. The molecule has 0 bridgehead atoms. The molecule has 2 aliphatic heterocycles. The number of rotatable bonds is 2. The molecular formula is C20H15F4N5O2. The number of hydrogen-bond donors (Lipinski definition) is 0. The van der Waals surface area contributed by atoms with Gasteiger partial charge in [0, 0.05) is 17.5 Å². The Hall–Kier alpha value is -3.63. The number of aryl methyl sites for hydroxylation is 1. The average Bonchev–Trinajstić information content (AvgIpc) is 2.68. The van der Waals surface area contributed by atoms with Gasteiger partial charge < -0.3 is 9.80 Å². The van der Waals surface area contributed by atoms with E-state index in [4.69, 9.17) is 0 Å². The summed E-state index contributed by atoms with van der Waals surface area (Å²) in [7, 11) is 0. The summed E-state index contributed by atoms with van der Waals surface area (Å²) in [5.74, 6) is -1.84. The monoisotopic (exact) mass is 433 g/mol. The highest BCUT2D eigenvalue weighted by Gasteiger charge is 2.41. The second-order valence-corrected chi connectivity index (χ2v) is 7.10. The molecule has 1 aromatic carbocycles. The summed E-state index contributed by atoms with van der Waals surface area (Å²) in [5.41, 5.74) is -0.568. The van der Waals surface area contributed by atoms with Gasteiger partial charge in [-0.15, -0.1) is 0 Å². The zero-order valence-electron chi connectivity index (χ0n) is 16.3. The molecule has 4 rings (SSSR count). The minimum absolute atomic E-state index is 0.0746. The van der Waals surface area contributed by atoms with Crippen molar-refractivity contribution in [3.8, 4) is 0 Å². The number of amides is 2. The van der Waals surface area contributed by atoms with Crippen LogP contribution < -0.4 is 4.90 Å². The molecule has 0 spiro atoms. The lowest BCUT2D eigenvalue weighted by molar-refractivity contribution is -0.141. The minimum atomic E-state index is -4.80. The average molecular weight is 433 g/mol. The van der Waals surface area contributed by atoms with Crippen molar-refractivity contribution in [1.29, 1.82) is 0 Å². The fourth-order valence-electron chi connectivity index (χ4n) is 3.53. The van der Waals surface area contributed by atoms with Crippen LogP contribution in [0.4, 0.5) is 29.1 Å². The van der Waals surface area contributed by atoms with Crippen LogP contribution >= 0.6 is 0 Å². The second-order valence-electron chi connectivity index (χ2n) is 7.10. The summed E-state index contributed by atoms with van der Waals surface area (Å²) in [6.45, 7) is 3.05. The number of alkyl halides is 3. The molecule has 1 aromatic heterocycles. The van der Waals surface area contributed by atoms with Crippen LogP contribution in [0.25, 0.3) is 0 Å². The third kappa shape index (κ3) is 3.66. The number of carbonyl (C=O) groups excluding carboxylic acids is 2. The molecular weight excluding hydrogens is 418 g/mol. The number of dihydropyridines is 1.